The molecule has 3 aromatic rings. The second kappa shape index (κ2) is 7.12. The number of fused-ring (bicyclic) bond motifs is 1. The van der Waals surface area contributed by atoms with E-state index in [2.05, 4.69) is 34.7 Å². The van der Waals surface area contributed by atoms with Gasteiger partial charge in [-0.05, 0) is 54.7 Å². The lowest BCUT2D eigenvalue weighted by Gasteiger charge is -2.25. The van der Waals surface area contributed by atoms with E-state index in [0.717, 1.165) is 19.3 Å². The molecule has 4 rings (SSSR count). The number of nitrogens with one attached hydrogen (secondary N) is 1. The molecule has 0 bridgehead atoms. The zero-order valence-electron chi connectivity index (χ0n) is 14.4. The summed E-state index contributed by atoms with van der Waals surface area (Å²) in [5, 5.41) is 7.26. The van der Waals surface area contributed by atoms with Crippen molar-refractivity contribution in [2.75, 3.05) is 6.54 Å². The summed E-state index contributed by atoms with van der Waals surface area (Å²) in [6.45, 7) is 0.600. The molecule has 0 saturated heterocycles. The number of aromatic nitrogens is 2. The molecule has 0 unspecified atom stereocenters. The van der Waals surface area contributed by atoms with Crippen LogP contribution in [0.1, 0.15) is 40.4 Å². The van der Waals surface area contributed by atoms with Gasteiger partial charge in [-0.3, -0.25) is 4.79 Å². The summed E-state index contributed by atoms with van der Waals surface area (Å²) in [4.78, 5) is 12.4. The molecule has 0 radical (unpaired) electrons. The summed E-state index contributed by atoms with van der Waals surface area (Å²) < 4.78 is 14.9. The van der Waals surface area contributed by atoms with Crippen LogP contribution in [0.5, 0.6) is 0 Å². The van der Waals surface area contributed by atoms with Crippen molar-refractivity contribution in [3.63, 3.8) is 0 Å². The first-order valence-electron chi connectivity index (χ1n) is 8.88. The third-order valence-corrected chi connectivity index (χ3v) is 4.90. The summed E-state index contributed by atoms with van der Waals surface area (Å²) in [7, 11) is 0. The highest BCUT2D eigenvalue weighted by Gasteiger charge is 2.21. The Bertz CT molecular complexity index is 934. The van der Waals surface area contributed by atoms with Gasteiger partial charge in [-0.2, -0.15) is 5.10 Å². The molecule has 0 spiro atoms. The quantitative estimate of drug-likeness (QED) is 0.777. The van der Waals surface area contributed by atoms with Crippen molar-refractivity contribution in [3.8, 4) is 5.69 Å². The number of carbonyl (C=O) groups excluding carboxylic acids is 1. The summed E-state index contributed by atoms with van der Waals surface area (Å²) in [5.41, 5.74) is 3.64. The van der Waals surface area contributed by atoms with Crippen LogP contribution in [-0.4, -0.2) is 22.2 Å². The Balaban J connectivity index is 1.44. The Kier molecular flexibility index (Phi) is 4.52. The molecule has 26 heavy (non-hydrogen) atoms. The van der Waals surface area contributed by atoms with Crippen molar-refractivity contribution in [2.45, 2.75) is 25.2 Å². The summed E-state index contributed by atoms with van der Waals surface area (Å²) in [6, 6.07) is 16.2. The summed E-state index contributed by atoms with van der Waals surface area (Å²) >= 11 is 0. The lowest BCUT2D eigenvalue weighted by molar-refractivity contribution is 0.0945. The largest absolute Gasteiger partial charge is 0.350 e. The minimum atomic E-state index is -0.333. The van der Waals surface area contributed by atoms with Crippen molar-refractivity contribution in [3.05, 3.63) is 83.4 Å². The van der Waals surface area contributed by atoms with Gasteiger partial charge in [-0.25, -0.2) is 9.07 Å². The first-order valence-corrected chi connectivity index (χ1v) is 8.88. The minimum absolute atomic E-state index is 0.205. The first-order chi connectivity index (χ1) is 12.7. The van der Waals surface area contributed by atoms with E-state index in [1.54, 1.807) is 24.4 Å². The van der Waals surface area contributed by atoms with Gasteiger partial charge in [0.1, 0.15) is 5.82 Å². The second-order valence-corrected chi connectivity index (χ2v) is 6.62. The van der Waals surface area contributed by atoms with Crippen LogP contribution < -0.4 is 5.32 Å². The molecule has 0 saturated carbocycles. The predicted molar refractivity (Wildman–Crippen MR) is 98.0 cm³/mol. The minimum Gasteiger partial charge on any atom is -0.350 e. The van der Waals surface area contributed by atoms with E-state index in [4.69, 9.17) is 0 Å². The number of rotatable bonds is 4. The van der Waals surface area contributed by atoms with Crippen LogP contribution in [0.15, 0.2) is 60.8 Å². The molecule has 1 heterocycles. The number of benzene rings is 2. The van der Waals surface area contributed by atoms with E-state index in [1.807, 2.05) is 0 Å². The fraction of sp³-hybridized carbons (Fsp3) is 0.238. The lowest BCUT2D eigenvalue weighted by Crippen LogP contribution is -2.30. The van der Waals surface area contributed by atoms with Crippen LogP contribution in [0.4, 0.5) is 4.39 Å². The number of aryl methyl sites for hydroxylation is 1. The highest BCUT2D eigenvalue weighted by atomic mass is 19.1. The molecule has 1 atom stereocenters. The second-order valence-electron chi connectivity index (χ2n) is 6.62. The highest BCUT2D eigenvalue weighted by Crippen LogP contribution is 2.30. The van der Waals surface area contributed by atoms with E-state index in [1.165, 1.54) is 27.9 Å². The van der Waals surface area contributed by atoms with E-state index in [-0.39, 0.29) is 11.7 Å². The standard InChI is InChI=1S/C21H20FN3O/c22-17-8-4-9-18(13-17)25-12-11-20(24-25)21(26)23-14-16-7-3-6-15-5-1-2-10-19(15)16/h1-2,4-5,8-13,16H,3,6-7,14H2,(H,23,26)/t16-/m1/s1. The van der Waals surface area contributed by atoms with Gasteiger partial charge in [-0.1, -0.05) is 30.3 Å². The molecule has 1 N–H and O–H groups in total. The molecule has 4 nitrogen and oxygen atoms in total. The Hall–Kier alpha value is -2.95. The lowest BCUT2D eigenvalue weighted by atomic mass is 9.83. The van der Waals surface area contributed by atoms with Crippen LogP contribution in [0.25, 0.3) is 5.69 Å². The van der Waals surface area contributed by atoms with E-state index in [0.29, 0.717) is 23.8 Å². The van der Waals surface area contributed by atoms with Crippen LogP contribution >= 0.6 is 0 Å². The maximum absolute atomic E-state index is 13.3. The topological polar surface area (TPSA) is 46.9 Å². The molecule has 132 valence electrons. The molecule has 1 aliphatic carbocycles. The third kappa shape index (κ3) is 3.38. The zero-order valence-corrected chi connectivity index (χ0v) is 14.4. The van der Waals surface area contributed by atoms with Gasteiger partial charge >= 0.3 is 0 Å². The van der Waals surface area contributed by atoms with Gasteiger partial charge in [0.05, 0.1) is 5.69 Å². The first kappa shape index (κ1) is 16.5. The maximum atomic E-state index is 13.3. The average molecular weight is 349 g/mol. The number of hydrogen-bond acceptors (Lipinski definition) is 2. The SMILES string of the molecule is O=C(NC[C@H]1CCCc2ccccc21)c1ccn(-c2cccc(F)c2)n1. The van der Waals surface area contributed by atoms with Crippen molar-refractivity contribution >= 4 is 5.91 Å². The highest BCUT2D eigenvalue weighted by molar-refractivity contribution is 5.92. The molecule has 0 fully saturated rings. The van der Waals surface area contributed by atoms with Crippen molar-refractivity contribution in [1.29, 1.82) is 0 Å². The molecule has 1 aromatic heterocycles. The van der Waals surface area contributed by atoms with Crippen molar-refractivity contribution < 1.29 is 9.18 Å². The molecule has 2 aromatic carbocycles. The van der Waals surface area contributed by atoms with Crippen LogP contribution in [0.3, 0.4) is 0 Å². The Morgan fingerprint density at radius 3 is 2.96 bits per heavy atom. The van der Waals surface area contributed by atoms with Crippen molar-refractivity contribution in [1.82, 2.24) is 15.1 Å². The molecule has 1 amide bonds. The van der Waals surface area contributed by atoms with Gasteiger partial charge in [0.2, 0.25) is 0 Å². The molecule has 0 aliphatic heterocycles. The maximum Gasteiger partial charge on any atom is 0.271 e. The van der Waals surface area contributed by atoms with Gasteiger partial charge in [0.25, 0.3) is 5.91 Å². The van der Waals surface area contributed by atoms with Gasteiger partial charge < -0.3 is 5.32 Å². The van der Waals surface area contributed by atoms with E-state index >= 15 is 0 Å². The van der Waals surface area contributed by atoms with Crippen molar-refractivity contribution in [2.24, 2.45) is 0 Å². The Morgan fingerprint density at radius 2 is 2.08 bits per heavy atom. The summed E-state index contributed by atoms with van der Waals surface area (Å²) in [6.07, 6.45) is 5.00. The fourth-order valence-corrected chi connectivity index (χ4v) is 3.58. The van der Waals surface area contributed by atoms with E-state index in [9.17, 15) is 9.18 Å². The zero-order chi connectivity index (χ0) is 17.9. The van der Waals surface area contributed by atoms with Gasteiger partial charge in [0.15, 0.2) is 5.69 Å². The summed E-state index contributed by atoms with van der Waals surface area (Å²) in [5.74, 6) is -0.197. The molecular formula is C21H20FN3O. The Morgan fingerprint density at radius 1 is 1.19 bits per heavy atom. The normalized spacial score (nSPS) is 16.1. The number of halogens is 1. The van der Waals surface area contributed by atoms with Crippen LogP contribution in [0.2, 0.25) is 0 Å². The smallest absolute Gasteiger partial charge is 0.271 e. The monoisotopic (exact) mass is 349 g/mol. The number of nitrogens with zero attached hydrogens (tertiary/aromatic N) is 2. The predicted octanol–water partition coefficient (Wildman–Crippen LogP) is 3.86. The van der Waals surface area contributed by atoms with Gasteiger partial charge in [-0.15, -0.1) is 0 Å². The molecular weight excluding hydrogens is 329 g/mol. The molecule has 5 heteroatoms. The fourth-order valence-electron chi connectivity index (χ4n) is 3.58. The Labute approximate surface area is 151 Å². The molecule has 1 aliphatic rings. The number of amides is 1. The van der Waals surface area contributed by atoms with Crippen LogP contribution in [0, 0.1) is 5.82 Å². The van der Waals surface area contributed by atoms with Gasteiger partial charge in [0, 0.05) is 18.7 Å². The number of carbonyl (C=O) groups is 1. The average Bonchev–Trinajstić information content (AvgIpc) is 3.16. The van der Waals surface area contributed by atoms with E-state index < -0.39 is 0 Å². The number of hydrogen-bond donors (Lipinski definition) is 1. The van der Waals surface area contributed by atoms with Crippen LogP contribution in [-0.2, 0) is 6.42 Å². The third-order valence-electron chi connectivity index (χ3n) is 4.90.